The fraction of sp³-hybridized carbons (Fsp3) is 0.182. The number of nitrogens with one attached hydrogen (secondary N) is 1. The number of nitrogens with two attached hydrogens (primary N) is 1. The van der Waals surface area contributed by atoms with Crippen molar-refractivity contribution in [3.63, 3.8) is 0 Å². The number of hydrogen-bond donors (Lipinski definition) is 2. The number of hydrogen-bond acceptors (Lipinski definition) is 4. The molecule has 0 bridgehead atoms. The minimum Gasteiger partial charge on any atom is -0.399 e. The first-order chi connectivity index (χ1) is 7.63. The molecule has 0 fully saturated rings. The molecule has 0 saturated carbocycles. The van der Waals surface area contributed by atoms with Gasteiger partial charge in [0.15, 0.2) is 0 Å². The van der Waals surface area contributed by atoms with Crippen molar-refractivity contribution >= 4 is 34.4 Å². The third kappa shape index (κ3) is 2.87. The van der Waals surface area contributed by atoms with Crippen molar-refractivity contribution in [2.24, 2.45) is 0 Å². The van der Waals surface area contributed by atoms with E-state index in [2.05, 4.69) is 29.4 Å². The molecule has 0 unspecified atom stereocenters. The normalized spacial score (nSPS) is 10.4. The van der Waals surface area contributed by atoms with Crippen LogP contribution >= 0.6 is 22.9 Å². The standard InChI is InChI=1S/C11H12ClN3S/c1-7-2-3-9(16-7)6-14-11-5-8(13)4-10(12)15-11/h2-5H,6H2,1H3,(H3,13,14,15). The summed E-state index contributed by atoms with van der Waals surface area (Å²) < 4.78 is 0. The second-order valence-corrected chi connectivity index (χ2v) is 5.23. The average Bonchev–Trinajstić information content (AvgIpc) is 2.60. The molecule has 0 spiro atoms. The van der Waals surface area contributed by atoms with Gasteiger partial charge in [0.2, 0.25) is 0 Å². The number of nitrogens with zero attached hydrogens (tertiary/aromatic N) is 1. The molecule has 5 heteroatoms. The first-order valence-corrected chi connectivity index (χ1v) is 6.05. The summed E-state index contributed by atoms with van der Waals surface area (Å²) >= 11 is 7.57. The van der Waals surface area contributed by atoms with Crippen LogP contribution in [0.5, 0.6) is 0 Å². The minimum absolute atomic E-state index is 0.407. The first kappa shape index (κ1) is 11.2. The van der Waals surface area contributed by atoms with Crippen molar-refractivity contribution in [3.05, 3.63) is 39.2 Å². The lowest BCUT2D eigenvalue weighted by Gasteiger charge is -2.05. The molecule has 2 heterocycles. The van der Waals surface area contributed by atoms with Gasteiger partial charge in [-0.3, -0.25) is 0 Å². The van der Waals surface area contributed by atoms with Crippen molar-refractivity contribution in [3.8, 4) is 0 Å². The molecule has 2 aromatic rings. The molecule has 0 radical (unpaired) electrons. The third-order valence-corrected chi connectivity index (χ3v) is 3.25. The number of aromatic nitrogens is 1. The van der Waals surface area contributed by atoms with Crippen LogP contribution in [0.1, 0.15) is 9.75 Å². The Kier molecular flexibility index (Phi) is 3.31. The Balaban J connectivity index is 2.04. The Bertz CT molecular complexity index is 475. The van der Waals surface area contributed by atoms with Gasteiger partial charge >= 0.3 is 0 Å². The van der Waals surface area contributed by atoms with Gasteiger partial charge in [-0.25, -0.2) is 4.98 Å². The van der Waals surface area contributed by atoms with Gasteiger partial charge in [-0.2, -0.15) is 0 Å². The molecule has 0 aliphatic heterocycles. The molecule has 0 amide bonds. The molecule has 84 valence electrons. The maximum atomic E-state index is 5.81. The highest BCUT2D eigenvalue weighted by Gasteiger charge is 2.00. The molecule has 0 aromatic carbocycles. The summed E-state index contributed by atoms with van der Waals surface area (Å²) in [6.07, 6.45) is 0. The first-order valence-electron chi connectivity index (χ1n) is 4.86. The monoisotopic (exact) mass is 253 g/mol. The summed E-state index contributed by atoms with van der Waals surface area (Å²) in [6.45, 7) is 2.83. The lowest BCUT2D eigenvalue weighted by atomic mass is 10.4. The highest BCUT2D eigenvalue weighted by Crippen LogP contribution is 2.19. The molecule has 0 aliphatic rings. The van der Waals surface area contributed by atoms with E-state index >= 15 is 0 Å². The molecular weight excluding hydrogens is 242 g/mol. The summed E-state index contributed by atoms with van der Waals surface area (Å²) in [6, 6.07) is 7.59. The van der Waals surface area contributed by atoms with Crippen LogP contribution in [-0.4, -0.2) is 4.98 Å². The largest absolute Gasteiger partial charge is 0.399 e. The number of pyridine rings is 1. The van der Waals surface area contributed by atoms with Crippen LogP contribution in [0, 0.1) is 6.92 Å². The molecule has 16 heavy (non-hydrogen) atoms. The fourth-order valence-electron chi connectivity index (χ4n) is 1.37. The van der Waals surface area contributed by atoms with E-state index in [1.165, 1.54) is 9.75 Å². The summed E-state index contributed by atoms with van der Waals surface area (Å²) in [5.74, 6) is 0.705. The summed E-state index contributed by atoms with van der Waals surface area (Å²) in [4.78, 5) is 6.70. The molecule has 3 N–H and O–H groups in total. The van der Waals surface area contributed by atoms with Gasteiger partial charge in [-0.1, -0.05) is 11.6 Å². The van der Waals surface area contributed by atoms with Gasteiger partial charge in [-0.05, 0) is 25.1 Å². The number of halogens is 1. The number of rotatable bonds is 3. The predicted molar refractivity (Wildman–Crippen MR) is 70.0 cm³/mol. The van der Waals surface area contributed by atoms with E-state index in [-0.39, 0.29) is 0 Å². The van der Waals surface area contributed by atoms with Gasteiger partial charge in [0.1, 0.15) is 11.0 Å². The van der Waals surface area contributed by atoms with E-state index in [1.807, 2.05) is 0 Å². The quantitative estimate of drug-likeness (QED) is 0.826. The fourth-order valence-corrected chi connectivity index (χ4v) is 2.41. The van der Waals surface area contributed by atoms with E-state index in [1.54, 1.807) is 23.5 Å². The van der Waals surface area contributed by atoms with E-state index in [0.29, 0.717) is 16.7 Å². The van der Waals surface area contributed by atoms with Gasteiger partial charge in [0.05, 0.1) is 6.54 Å². The highest BCUT2D eigenvalue weighted by atomic mass is 35.5. The molecule has 0 atom stereocenters. The maximum absolute atomic E-state index is 5.81. The lowest BCUT2D eigenvalue weighted by Crippen LogP contribution is -2.00. The van der Waals surface area contributed by atoms with Crippen molar-refractivity contribution in [2.45, 2.75) is 13.5 Å². The van der Waals surface area contributed by atoms with Crippen LogP contribution in [0.4, 0.5) is 11.5 Å². The van der Waals surface area contributed by atoms with E-state index in [0.717, 1.165) is 6.54 Å². The van der Waals surface area contributed by atoms with Gasteiger partial charge in [-0.15, -0.1) is 11.3 Å². The Hall–Kier alpha value is -1.26. The Morgan fingerprint density at radius 3 is 2.88 bits per heavy atom. The molecular formula is C11H12ClN3S. The van der Waals surface area contributed by atoms with Crippen LogP contribution in [0.25, 0.3) is 0 Å². The third-order valence-electron chi connectivity index (χ3n) is 2.06. The minimum atomic E-state index is 0.407. The molecule has 2 aromatic heterocycles. The molecule has 0 saturated heterocycles. The zero-order valence-corrected chi connectivity index (χ0v) is 10.4. The van der Waals surface area contributed by atoms with Crippen molar-refractivity contribution < 1.29 is 0 Å². The predicted octanol–water partition coefficient (Wildman–Crippen LogP) is 3.30. The topological polar surface area (TPSA) is 50.9 Å². The van der Waals surface area contributed by atoms with Crippen LogP contribution in [0.2, 0.25) is 5.15 Å². The number of thiophene rings is 1. The van der Waals surface area contributed by atoms with Crippen molar-refractivity contribution in [2.75, 3.05) is 11.1 Å². The SMILES string of the molecule is Cc1ccc(CNc2cc(N)cc(Cl)n2)s1. The average molecular weight is 254 g/mol. The number of aryl methyl sites for hydroxylation is 1. The van der Waals surface area contributed by atoms with Gasteiger partial charge in [0, 0.05) is 21.5 Å². The lowest BCUT2D eigenvalue weighted by molar-refractivity contribution is 1.14. The summed E-state index contributed by atoms with van der Waals surface area (Å²) in [5.41, 5.74) is 6.29. The molecule has 3 nitrogen and oxygen atoms in total. The summed E-state index contributed by atoms with van der Waals surface area (Å²) in [7, 11) is 0. The zero-order chi connectivity index (χ0) is 11.5. The van der Waals surface area contributed by atoms with E-state index in [9.17, 15) is 0 Å². The second-order valence-electron chi connectivity index (χ2n) is 3.47. The maximum Gasteiger partial charge on any atom is 0.133 e. The van der Waals surface area contributed by atoms with Crippen LogP contribution in [0.15, 0.2) is 24.3 Å². The Labute approximate surface area is 103 Å². The van der Waals surface area contributed by atoms with Crippen molar-refractivity contribution in [1.82, 2.24) is 4.98 Å². The molecule has 2 rings (SSSR count). The smallest absolute Gasteiger partial charge is 0.133 e. The van der Waals surface area contributed by atoms with E-state index in [4.69, 9.17) is 17.3 Å². The molecule has 0 aliphatic carbocycles. The number of nitrogen functional groups attached to an aromatic ring is 1. The van der Waals surface area contributed by atoms with E-state index < -0.39 is 0 Å². The van der Waals surface area contributed by atoms with Gasteiger partial charge < -0.3 is 11.1 Å². The van der Waals surface area contributed by atoms with Crippen LogP contribution < -0.4 is 11.1 Å². The Morgan fingerprint density at radius 2 is 2.25 bits per heavy atom. The van der Waals surface area contributed by atoms with Crippen LogP contribution in [-0.2, 0) is 6.54 Å². The van der Waals surface area contributed by atoms with Gasteiger partial charge in [0.25, 0.3) is 0 Å². The highest BCUT2D eigenvalue weighted by molar-refractivity contribution is 7.11. The van der Waals surface area contributed by atoms with Crippen molar-refractivity contribution in [1.29, 1.82) is 0 Å². The zero-order valence-electron chi connectivity index (χ0n) is 8.83. The Morgan fingerprint density at radius 1 is 1.44 bits per heavy atom. The van der Waals surface area contributed by atoms with Crippen LogP contribution in [0.3, 0.4) is 0 Å². The number of anilines is 2. The second kappa shape index (κ2) is 4.72. The summed E-state index contributed by atoms with van der Waals surface area (Å²) in [5, 5.41) is 3.60.